The molecule has 176 valence electrons. The molecule has 0 aliphatic heterocycles. The number of anilines is 1. The van der Waals surface area contributed by atoms with Crippen molar-refractivity contribution in [3.63, 3.8) is 0 Å². The Hall–Kier alpha value is -3.83. The van der Waals surface area contributed by atoms with Crippen LogP contribution in [-0.2, 0) is 19.6 Å². The Morgan fingerprint density at radius 3 is 2.62 bits per heavy atom. The van der Waals surface area contributed by atoms with Crippen molar-refractivity contribution in [1.82, 2.24) is 24.6 Å². The molecule has 1 amide bonds. The Morgan fingerprint density at radius 2 is 1.91 bits per heavy atom. The van der Waals surface area contributed by atoms with Crippen molar-refractivity contribution >= 4 is 33.5 Å². The maximum absolute atomic E-state index is 14.9. The quantitative estimate of drug-likeness (QED) is 0.440. The SMILES string of the molecule is CN(C(=O)c1ccc2nc(N)c3cnn(C)c3c2c1)[C@H]1c2ccc(C(F)(F)F)nc2CC1(F)F. The lowest BCUT2D eigenvalue weighted by atomic mass is 10.0. The highest BCUT2D eigenvalue weighted by Gasteiger charge is 2.52. The van der Waals surface area contributed by atoms with Gasteiger partial charge in [0.1, 0.15) is 17.6 Å². The number of nitrogens with two attached hydrogens (primary N) is 1. The summed E-state index contributed by atoms with van der Waals surface area (Å²) in [6, 6.07) is 4.36. The maximum atomic E-state index is 14.9. The van der Waals surface area contributed by atoms with E-state index in [9.17, 15) is 26.7 Å². The van der Waals surface area contributed by atoms with Gasteiger partial charge in [-0.15, -0.1) is 0 Å². The summed E-state index contributed by atoms with van der Waals surface area (Å²) in [6.07, 6.45) is -4.22. The zero-order chi connectivity index (χ0) is 24.6. The molecule has 0 fully saturated rings. The Bertz CT molecular complexity index is 1480. The van der Waals surface area contributed by atoms with Crippen molar-refractivity contribution in [3.8, 4) is 0 Å². The predicted molar refractivity (Wildman–Crippen MR) is 113 cm³/mol. The third-order valence-electron chi connectivity index (χ3n) is 6.06. The highest BCUT2D eigenvalue weighted by molar-refractivity contribution is 6.10. The van der Waals surface area contributed by atoms with Crippen LogP contribution in [0.3, 0.4) is 0 Å². The average Bonchev–Trinajstić information content (AvgIpc) is 3.27. The van der Waals surface area contributed by atoms with Gasteiger partial charge < -0.3 is 10.6 Å². The van der Waals surface area contributed by atoms with Crippen LogP contribution in [0.5, 0.6) is 0 Å². The second-order valence-corrected chi connectivity index (χ2v) is 8.25. The largest absolute Gasteiger partial charge is 0.433 e. The van der Waals surface area contributed by atoms with E-state index in [1.165, 1.54) is 25.4 Å². The Kier molecular flexibility index (Phi) is 4.58. The molecule has 3 aromatic heterocycles. The van der Waals surface area contributed by atoms with Crippen molar-refractivity contribution in [2.75, 3.05) is 12.8 Å². The van der Waals surface area contributed by atoms with Crippen LogP contribution in [-0.4, -0.2) is 43.5 Å². The third kappa shape index (κ3) is 3.24. The van der Waals surface area contributed by atoms with E-state index in [0.717, 1.165) is 11.0 Å². The number of carbonyl (C=O) groups is 1. The molecule has 5 rings (SSSR count). The van der Waals surface area contributed by atoms with Gasteiger partial charge in [-0.1, -0.05) is 6.07 Å². The van der Waals surface area contributed by atoms with Crippen molar-refractivity contribution < 1.29 is 26.7 Å². The molecule has 0 unspecified atom stereocenters. The second kappa shape index (κ2) is 7.08. The number of nitrogen functional groups attached to an aromatic ring is 1. The van der Waals surface area contributed by atoms with Crippen molar-refractivity contribution in [2.45, 2.75) is 24.6 Å². The summed E-state index contributed by atoms with van der Waals surface area (Å²) in [5, 5.41) is 5.30. The van der Waals surface area contributed by atoms with Crippen LogP contribution in [0.1, 0.15) is 33.4 Å². The zero-order valence-corrected chi connectivity index (χ0v) is 17.9. The molecule has 1 atom stereocenters. The van der Waals surface area contributed by atoms with Crippen LogP contribution in [0.2, 0.25) is 0 Å². The highest BCUT2D eigenvalue weighted by Crippen LogP contribution is 2.47. The van der Waals surface area contributed by atoms with Gasteiger partial charge in [0.15, 0.2) is 0 Å². The monoisotopic (exact) mass is 476 g/mol. The molecule has 4 aromatic rings. The van der Waals surface area contributed by atoms with Gasteiger partial charge in [0, 0.05) is 30.6 Å². The molecular formula is C22H17F5N6O. The van der Waals surface area contributed by atoms with Gasteiger partial charge in [-0.2, -0.15) is 18.3 Å². The van der Waals surface area contributed by atoms with Crippen LogP contribution in [0.4, 0.5) is 27.8 Å². The molecule has 0 spiro atoms. The van der Waals surface area contributed by atoms with E-state index >= 15 is 0 Å². The van der Waals surface area contributed by atoms with Crippen LogP contribution >= 0.6 is 0 Å². The van der Waals surface area contributed by atoms with Crippen LogP contribution in [0.25, 0.3) is 21.8 Å². The summed E-state index contributed by atoms with van der Waals surface area (Å²) < 4.78 is 70.4. The molecule has 7 nitrogen and oxygen atoms in total. The van der Waals surface area contributed by atoms with Crippen LogP contribution in [0.15, 0.2) is 36.5 Å². The zero-order valence-electron chi connectivity index (χ0n) is 17.9. The van der Waals surface area contributed by atoms with E-state index < -0.39 is 36.2 Å². The summed E-state index contributed by atoms with van der Waals surface area (Å²) in [4.78, 5) is 21.8. The third-order valence-corrected chi connectivity index (χ3v) is 6.06. The number of pyridine rings is 2. The lowest BCUT2D eigenvalue weighted by Crippen LogP contribution is -2.39. The fraction of sp³-hybridized carbons (Fsp3) is 0.273. The first-order valence-corrected chi connectivity index (χ1v) is 10.1. The van der Waals surface area contributed by atoms with Gasteiger partial charge in [-0.3, -0.25) is 9.48 Å². The van der Waals surface area contributed by atoms with Gasteiger partial charge in [-0.05, 0) is 24.3 Å². The van der Waals surface area contributed by atoms with E-state index in [1.807, 2.05) is 0 Å². The Balaban J connectivity index is 1.56. The van der Waals surface area contributed by atoms with Gasteiger partial charge in [0.05, 0.1) is 34.7 Å². The molecule has 1 aliphatic carbocycles. The number of hydrogen-bond donors (Lipinski definition) is 1. The molecular weight excluding hydrogens is 459 g/mol. The average molecular weight is 476 g/mol. The summed E-state index contributed by atoms with van der Waals surface area (Å²) in [6.45, 7) is 0. The first-order chi connectivity index (χ1) is 15.9. The van der Waals surface area contributed by atoms with Crippen LogP contribution < -0.4 is 5.73 Å². The normalized spacial score (nSPS) is 17.3. The summed E-state index contributed by atoms with van der Waals surface area (Å²) >= 11 is 0. The standard InChI is InChI=1S/C22H17F5N6O/c1-32(18-11-4-6-16(22(25,26)27)30-15(11)8-21(18,23)24)20(34)10-3-5-14-12(7-10)17-13(19(28)31-14)9-29-33(17)2/h3-7,9,18H,8H2,1-2H3,(H2,28,31)/t18-/m0/s1. The lowest BCUT2D eigenvalue weighted by molar-refractivity contribution is -0.141. The maximum Gasteiger partial charge on any atom is 0.433 e. The van der Waals surface area contributed by atoms with E-state index in [2.05, 4.69) is 15.1 Å². The number of hydrogen-bond acceptors (Lipinski definition) is 5. The molecule has 0 saturated heterocycles. The van der Waals surface area contributed by atoms with Crippen molar-refractivity contribution in [2.24, 2.45) is 7.05 Å². The van der Waals surface area contributed by atoms with Crippen molar-refractivity contribution in [3.05, 3.63) is 59.0 Å². The van der Waals surface area contributed by atoms with Gasteiger partial charge in [-0.25, -0.2) is 18.7 Å². The first kappa shape index (κ1) is 22.0. The number of nitrogens with zero attached hydrogens (tertiary/aromatic N) is 5. The summed E-state index contributed by atoms with van der Waals surface area (Å²) in [7, 11) is 2.89. The lowest BCUT2D eigenvalue weighted by Gasteiger charge is -2.30. The number of aromatic nitrogens is 4. The molecule has 0 saturated carbocycles. The number of fused-ring (bicyclic) bond motifs is 4. The Labute approximate surface area is 189 Å². The number of alkyl halides is 5. The fourth-order valence-corrected chi connectivity index (χ4v) is 4.51. The van der Waals surface area contributed by atoms with Gasteiger partial charge >= 0.3 is 6.18 Å². The minimum absolute atomic E-state index is 0.105. The number of rotatable bonds is 2. The number of amides is 1. The minimum Gasteiger partial charge on any atom is -0.383 e. The summed E-state index contributed by atoms with van der Waals surface area (Å²) in [5.41, 5.74) is 5.46. The van der Waals surface area contributed by atoms with E-state index in [4.69, 9.17) is 5.73 Å². The molecule has 2 N–H and O–H groups in total. The Morgan fingerprint density at radius 1 is 1.18 bits per heavy atom. The van der Waals surface area contributed by atoms with Gasteiger partial charge in [0.2, 0.25) is 0 Å². The molecule has 1 aliphatic rings. The van der Waals surface area contributed by atoms with E-state index in [1.54, 1.807) is 17.8 Å². The number of halogens is 5. The number of carbonyl (C=O) groups excluding carboxylic acids is 1. The summed E-state index contributed by atoms with van der Waals surface area (Å²) in [5.74, 6) is -3.96. The highest BCUT2D eigenvalue weighted by atomic mass is 19.4. The number of benzene rings is 1. The smallest absolute Gasteiger partial charge is 0.383 e. The second-order valence-electron chi connectivity index (χ2n) is 8.25. The van der Waals surface area contributed by atoms with E-state index in [-0.39, 0.29) is 22.6 Å². The predicted octanol–water partition coefficient (Wildman–Crippen LogP) is 4.12. The first-order valence-electron chi connectivity index (χ1n) is 10.1. The fourth-order valence-electron chi connectivity index (χ4n) is 4.51. The molecule has 1 aromatic carbocycles. The molecule has 12 heteroatoms. The van der Waals surface area contributed by atoms with Gasteiger partial charge in [0.25, 0.3) is 11.8 Å². The minimum atomic E-state index is -4.76. The molecule has 3 heterocycles. The number of aryl methyl sites for hydroxylation is 1. The topological polar surface area (TPSA) is 89.9 Å². The van der Waals surface area contributed by atoms with Crippen LogP contribution in [0, 0.1) is 0 Å². The van der Waals surface area contributed by atoms with Crippen molar-refractivity contribution in [1.29, 1.82) is 0 Å². The molecule has 34 heavy (non-hydrogen) atoms. The van der Waals surface area contributed by atoms with E-state index in [0.29, 0.717) is 27.9 Å². The molecule has 0 bridgehead atoms. The molecule has 0 radical (unpaired) electrons.